The van der Waals surface area contributed by atoms with Gasteiger partial charge in [-0.3, -0.25) is 9.59 Å². The number of halogens is 2. The number of carbonyl (C=O) groups is 2. The predicted octanol–water partition coefficient (Wildman–Crippen LogP) is 0.731. The summed E-state index contributed by atoms with van der Waals surface area (Å²) in [6.45, 7) is 0.757. The third kappa shape index (κ3) is 2.54. The zero-order valence-electron chi connectivity index (χ0n) is 9.27. The number of hydrogen-bond donors (Lipinski definition) is 1. The van der Waals surface area contributed by atoms with Crippen molar-refractivity contribution in [2.75, 3.05) is 13.1 Å². The van der Waals surface area contributed by atoms with Crippen molar-refractivity contribution in [1.29, 1.82) is 0 Å². The molecule has 2 rings (SSSR count). The van der Waals surface area contributed by atoms with Crippen LogP contribution in [0, 0.1) is 5.92 Å². The highest BCUT2D eigenvalue weighted by Crippen LogP contribution is 2.22. The van der Waals surface area contributed by atoms with Crippen molar-refractivity contribution in [3.05, 3.63) is 21.9 Å². The smallest absolute Gasteiger partial charge is 0.257 e. The molecule has 6 nitrogen and oxygen atoms in total. The van der Waals surface area contributed by atoms with Crippen molar-refractivity contribution in [3.8, 4) is 0 Å². The lowest BCUT2D eigenvalue weighted by Gasteiger charge is -2.16. The number of carbonyl (C=O) groups excluding carboxylic acids is 2. The van der Waals surface area contributed by atoms with E-state index >= 15 is 0 Å². The first-order valence-electron chi connectivity index (χ1n) is 5.26. The Labute approximate surface area is 113 Å². The minimum absolute atomic E-state index is 0.00748. The second-order valence-electron chi connectivity index (χ2n) is 4.01. The lowest BCUT2D eigenvalue weighted by molar-refractivity contribution is -0.121. The van der Waals surface area contributed by atoms with E-state index in [1.165, 1.54) is 11.0 Å². The Bertz CT molecular complexity index is 509. The maximum Gasteiger partial charge on any atom is 0.257 e. The third-order valence-corrected chi connectivity index (χ3v) is 3.29. The van der Waals surface area contributed by atoms with Gasteiger partial charge in [0.15, 0.2) is 10.3 Å². The Hall–Kier alpha value is -1.40. The molecule has 2 heterocycles. The van der Waals surface area contributed by atoms with Crippen LogP contribution < -0.4 is 5.73 Å². The van der Waals surface area contributed by atoms with E-state index in [0.29, 0.717) is 19.5 Å². The highest BCUT2D eigenvalue weighted by Gasteiger charge is 2.31. The molecule has 1 fully saturated rings. The van der Waals surface area contributed by atoms with Crippen LogP contribution in [0.2, 0.25) is 10.3 Å². The van der Waals surface area contributed by atoms with Crippen LogP contribution in [0.3, 0.4) is 0 Å². The first-order chi connectivity index (χ1) is 8.49. The van der Waals surface area contributed by atoms with Gasteiger partial charge in [0.25, 0.3) is 5.91 Å². The molecule has 2 N–H and O–H groups in total. The van der Waals surface area contributed by atoms with Crippen molar-refractivity contribution < 1.29 is 9.59 Å². The zero-order valence-corrected chi connectivity index (χ0v) is 10.8. The number of likely N-dealkylation sites (tertiary alicyclic amines) is 1. The summed E-state index contributed by atoms with van der Waals surface area (Å²) < 4.78 is 0. The van der Waals surface area contributed by atoms with Crippen LogP contribution in [-0.2, 0) is 4.79 Å². The van der Waals surface area contributed by atoms with Crippen LogP contribution in [0.4, 0.5) is 0 Å². The molecular formula is C10H10Cl2N4O2. The van der Waals surface area contributed by atoms with Crippen LogP contribution in [0.1, 0.15) is 16.8 Å². The zero-order chi connectivity index (χ0) is 13.3. The number of rotatable bonds is 2. The quantitative estimate of drug-likeness (QED) is 0.869. The first-order valence-corrected chi connectivity index (χ1v) is 6.02. The van der Waals surface area contributed by atoms with Gasteiger partial charge in [-0.05, 0) is 12.5 Å². The lowest BCUT2D eigenvalue weighted by atomic mass is 10.1. The molecule has 0 aliphatic carbocycles. The second kappa shape index (κ2) is 5.07. The van der Waals surface area contributed by atoms with E-state index < -0.39 is 5.91 Å². The normalized spacial score (nSPS) is 19.0. The standard InChI is InChI=1S/C10H10Cl2N4O2/c11-7-3-6(8(12)15-14-7)10(18)16-2-1-5(4-16)9(13)17/h3,5H,1-2,4H2,(H2,13,17). The monoisotopic (exact) mass is 288 g/mol. The van der Waals surface area contributed by atoms with Crippen molar-refractivity contribution in [1.82, 2.24) is 15.1 Å². The second-order valence-corrected chi connectivity index (χ2v) is 4.76. The van der Waals surface area contributed by atoms with Gasteiger partial charge in [0.05, 0.1) is 11.5 Å². The molecule has 0 saturated carbocycles. The van der Waals surface area contributed by atoms with Gasteiger partial charge in [-0.1, -0.05) is 23.2 Å². The third-order valence-electron chi connectivity index (χ3n) is 2.83. The van der Waals surface area contributed by atoms with E-state index in [1.807, 2.05) is 0 Å². The molecular weight excluding hydrogens is 279 g/mol. The van der Waals surface area contributed by atoms with Gasteiger partial charge in [-0.15, -0.1) is 10.2 Å². The molecule has 18 heavy (non-hydrogen) atoms. The van der Waals surface area contributed by atoms with Gasteiger partial charge in [0.1, 0.15) is 0 Å². The van der Waals surface area contributed by atoms with Crippen molar-refractivity contribution in [3.63, 3.8) is 0 Å². The van der Waals surface area contributed by atoms with Crippen LogP contribution in [0.15, 0.2) is 6.07 Å². The number of amides is 2. The Morgan fingerprint density at radius 3 is 2.72 bits per heavy atom. The summed E-state index contributed by atoms with van der Waals surface area (Å²) in [5.41, 5.74) is 5.39. The molecule has 0 aromatic carbocycles. The van der Waals surface area contributed by atoms with Crippen molar-refractivity contribution in [2.24, 2.45) is 11.7 Å². The molecule has 1 atom stereocenters. The highest BCUT2D eigenvalue weighted by atomic mass is 35.5. The van der Waals surface area contributed by atoms with Gasteiger partial charge < -0.3 is 10.6 Å². The minimum Gasteiger partial charge on any atom is -0.369 e. The first kappa shape index (κ1) is 13.0. The Kier molecular flexibility index (Phi) is 3.68. The molecule has 0 bridgehead atoms. The van der Waals surface area contributed by atoms with Gasteiger partial charge in [-0.25, -0.2) is 0 Å². The van der Waals surface area contributed by atoms with E-state index in [9.17, 15) is 9.59 Å². The summed E-state index contributed by atoms with van der Waals surface area (Å²) in [7, 11) is 0. The topological polar surface area (TPSA) is 89.2 Å². The summed E-state index contributed by atoms with van der Waals surface area (Å²) >= 11 is 11.5. The number of hydrogen-bond acceptors (Lipinski definition) is 4. The lowest BCUT2D eigenvalue weighted by Crippen LogP contribution is -2.32. The fourth-order valence-electron chi connectivity index (χ4n) is 1.85. The van der Waals surface area contributed by atoms with Gasteiger partial charge in [0.2, 0.25) is 5.91 Å². The average Bonchev–Trinajstić information content (AvgIpc) is 2.81. The van der Waals surface area contributed by atoms with Crippen LogP contribution in [0.25, 0.3) is 0 Å². The minimum atomic E-state index is -0.401. The highest BCUT2D eigenvalue weighted by molar-refractivity contribution is 6.34. The number of aromatic nitrogens is 2. The molecule has 1 aliphatic heterocycles. The van der Waals surface area contributed by atoms with Crippen molar-refractivity contribution in [2.45, 2.75) is 6.42 Å². The summed E-state index contributed by atoms with van der Waals surface area (Å²) in [5.74, 6) is -1.03. The number of nitrogens with zero attached hydrogens (tertiary/aromatic N) is 3. The van der Waals surface area contributed by atoms with Crippen LogP contribution >= 0.6 is 23.2 Å². The van der Waals surface area contributed by atoms with Crippen LogP contribution in [-0.4, -0.2) is 40.0 Å². The average molecular weight is 289 g/mol. The van der Waals surface area contributed by atoms with Crippen molar-refractivity contribution >= 4 is 35.0 Å². The Morgan fingerprint density at radius 1 is 1.39 bits per heavy atom. The molecule has 1 aromatic heterocycles. The van der Waals surface area contributed by atoms with E-state index in [2.05, 4.69) is 10.2 Å². The maximum absolute atomic E-state index is 12.2. The van der Waals surface area contributed by atoms with Gasteiger partial charge >= 0.3 is 0 Å². The molecule has 2 amide bonds. The SMILES string of the molecule is NC(=O)C1CCN(C(=O)c2cc(Cl)nnc2Cl)C1. The molecule has 1 aromatic rings. The van der Waals surface area contributed by atoms with Crippen LogP contribution in [0.5, 0.6) is 0 Å². The van der Waals surface area contributed by atoms with E-state index in [-0.39, 0.29) is 27.7 Å². The summed E-state index contributed by atoms with van der Waals surface area (Å²) in [6, 6.07) is 1.36. The number of primary amides is 1. The molecule has 1 unspecified atom stereocenters. The maximum atomic E-state index is 12.2. The van der Waals surface area contributed by atoms with Gasteiger partial charge in [-0.2, -0.15) is 0 Å². The van der Waals surface area contributed by atoms with Gasteiger partial charge in [0, 0.05) is 13.1 Å². The summed E-state index contributed by atoms with van der Waals surface area (Å²) in [5, 5.41) is 7.18. The fraction of sp³-hybridized carbons (Fsp3) is 0.400. The molecule has 0 radical (unpaired) electrons. The largest absolute Gasteiger partial charge is 0.369 e. The van der Waals surface area contributed by atoms with E-state index in [1.54, 1.807) is 0 Å². The Balaban J connectivity index is 2.17. The fourth-order valence-corrected chi connectivity index (χ4v) is 2.17. The Morgan fingerprint density at radius 2 is 2.11 bits per heavy atom. The number of nitrogens with two attached hydrogens (primary N) is 1. The van der Waals surface area contributed by atoms with E-state index in [4.69, 9.17) is 28.9 Å². The molecule has 96 valence electrons. The molecule has 0 spiro atoms. The molecule has 1 aliphatic rings. The summed E-state index contributed by atoms with van der Waals surface area (Å²) in [4.78, 5) is 24.7. The predicted molar refractivity (Wildman–Crippen MR) is 65.3 cm³/mol. The summed E-state index contributed by atoms with van der Waals surface area (Å²) in [6.07, 6.45) is 0.560. The molecule has 8 heteroatoms. The molecule has 1 saturated heterocycles. The van der Waals surface area contributed by atoms with E-state index in [0.717, 1.165) is 0 Å².